The quantitative estimate of drug-likeness (QED) is 0.693. The highest BCUT2D eigenvalue weighted by molar-refractivity contribution is 9.10. The zero-order chi connectivity index (χ0) is 18.0. The first-order valence-electron chi connectivity index (χ1n) is 7.04. The molecule has 0 spiro atoms. The first kappa shape index (κ1) is 17.3. The largest absolute Gasteiger partial charge is 0.444 e. The van der Waals surface area contributed by atoms with Crippen molar-refractivity contribution in [3.05, 3.63) is 59.0 Å². The van der Waals surface area contributed by atoms with Crippen molar-refractivity contribution in [3.63, 3.8) is 0 Å². The summed E-state index contributed by atoms with van der Waals surface area (Å²) in [5.41, 5.74) is 1.72. The van der Waals surface area contributed by atoms with Crippen LogP contribution in [0.4, 0.5) is 5.69 Å². The van der Waals surface area contributed by atoms with Gasteiger partial charge in [0.05, 0.1) is 5.69 Å². The number of benzene rings is 1. The molecule has 7 nitrogen and oxygen atoms in total. The van der Waals surface area contributed by atoms with Gasteiger partial charge >= 0.3 is 0 Å². The smallest absolute Gasteiger partial charge is 0.291 e. The topological polar surface area (TPSA) is 102 Å². The third-order valence-electron chi connectivity index (χ3n) is 3.23. The fourth-order valence-electron chi connectivity index (χ4n) is 2.06. The molecular formula is C16H12BrN3O4S. The number of carbonyl (C=O) groups is 1. The fourth-order valence-corrected chi connectivity index (χ4v) is 2.87. The Morgan fingerprint density at radius 1 is 1.12 bits per heavy atom. The Kier molecular flexibility index (Phi) is 4.69. The van der Waals surface area contributed by atoms with Crippen molar-refractivity contribution in [2.45, 2.75) is 5.03 Å². The van der Waals surface area contributed by atoms with Gasteiger partial charge in [0.15, 0.2) is 25.3 Å². The maximum Gasteiger partial charge on any atom is 0.291 e. The van der Waals surface area contributed by atoms with Crippen LogP contribution in [0.1, 0.15) is 10.6 Å². The number of halogens is 1. The first-order chi connectivity index (χ1) is 11.8. The van der Waals surface area contributed by atoms with E-state index in [1.165, 1.54) is 6.07 Å². The lowest BCUT2D eigenvalue weighted by Gasteiger charge is -2.06. The van der Waals surface area contributed by atoms with Crippen LogP contribution in [0, 0.1) is 0 Å². The number of rotatable bonds is 4. The highest BCUT2D eigenvalue weighted by Gasteiger charge is 2.12. The molecule has 0 saturated heterocycles. The minimum absolute atomic E-state index is 0.0934. The third kappa shape index (κ3) is 4.12. The van der Waals surface area contributed by atoms with Gasteiger partial charge < -0.3 is 9.73 Å². The van der Waals surface area contributed by atoms with Crippen molar-refractivity contribution >= 4 is 37.4 Å². The summed E-state index contributed by atoms with van der Waals surface area (Å²) >= 11 is 3.14. The minimum atomic E-state index is -3.40. The predicted molar refractivity (Wildman–Crippen MR) is 94.9 cm³/mol. The molecule has 1 aromatic carbocycles. The number of aromatic nitrogens is 2. The summed E-state index contributed by atoms with van der Waals surface area (Å²) in [7, 11) is -3.40. The number of anilines is 1. The van der Waals surface area contributed by atoms with E-state index in [1.807, 2.05) is 0 Å². The summed E-state index contributed by atoms with van der Waals surface area (Å²) in [4.78, 5) is 12.1. The molecule has 0 unspecified atom stereocenters. The maximum atomic E-state index is 12.1. The molecular weight excluding hydrogens is 410 g/mol. The molecule has 0 aliphatic rings. The van der Waals surface area contributed by atoms with E-state index in [0.717, 1.165) is 6.26 Å². The van der Waals surface area contributed by atoms with Crippen LogP contribution >= 0.6 is 15.9 Å². The fraction of sp³-hybridized carbons (Fsp3) is 0.0625. The maximum absolute atomic E-state index is 12.1. The number of carbonyl (C=O) groups excluding carboxylic acids is 1. The lowest BCUT2D eigenvalue weighted by Crippen LogP contribution is -2.10. The molecule has 2 aromatic heterocycles. The Morgan fingerprint density at radius 3 is 2.52 bits per heavy atom. The number of amides is 1. The van der Waals surface area contributed by atoms with Gasteiger partial charge in [-0.1, -0.05) is 12.1 Å². The molecule has 1 amide bonds. The van der Waals surface area contributed by atoms with Crippen molar-refractivity contribution < 1.29 is 17.6 Å². The molecule has 0 aliphatic carbocycles. The van der Waals surface area contributed by atoms with Gasteiger partial charge in [0.1, 0.15) is 0 Å². The van der Waals surface area contributed by atoms with Crippen LogP contribution < -0.4 is 5.32 Å². The normalized spacial score (nSPS) is 11.3. The van der Waals surface area contributed by atoms with E-state index in [-0.39, 0.29) is 16.7 Å². The summed E-state index contributed by atoms with van der Waals surface area (Å²) in [5, 5.41) is 10.3. The van der Waals surface area contributed by atoms with Crippen molar-refractivity contribution in [1.29, 1.82) is 0 Å². The van der Waals surface area contributed by atoms with E-state index < -0.39 is 9.84 Å². The van der Waals surface area contributed by atoms with Crippen molar-refractivity contribution in [3.8, 4) is 11.3 Å². The van der Waals surface area contributed by atoms with Crippen molar-refractivity contribution in [1.82, 2.24) is 10.2 Å². The standard InChI is InChI=1S/C16H12BrN3O4S/c1-25(22,23)15-8-5-12(19-20-15)10-3-2-4-11(9-10)18-16(21)13-6-7-14(17)24-13/h2-9H,1H3,(H,18,21). The highest BCUT2D eigenvalue weighted by Crippen LogP contribution is 2.22. The van der Waals surface area contributed by atoms with E-state index in [0.29, 0.717) is 21.6 Å². The van der Waals surface area contributed by atoms with E-state index in [2.05, 4.69) is 31.4 Å². The minimum Gasteiger partial charge on any atom is -0.444 e. The van der Waals surface area contributed by atoms with Crippen LogP contribution in [0.2, 0.25) is 0 Å². The monoisotopic (exact) mass is 421 g/mol. The van der Waals surface area contributed by atoms with Crippen LogP contribution in [0.15, 0.2) is 62.6 Å². The van der Waals surface area contributed by atoms with Gasteiger partial charge in [-0.05, 0) is 52.3 Å². The predicted octanol–water partition coefficient (Wildman–Crippen LogP) is 3.15. The highest BCUT2D eigenvalue weighted by atomic mass is 79.9. The molecule has 0 radical (unpaired) electrons. The Morgan fingerprint density at radius 2 is 1.92 bits per heavy atom. The summed E-state index contributed by atoms with van der Waals surface area (Å²) < 4.78 is 28.5. The van der Waals surface area contributed by atoms with Crippen LogP contribution in [-0.2, 0) is 9.84 Å². The lowest BCUT2D eigenvalue weighted by molar-refractivity contribution is 0.0995. The van der Waals surface area contributed by atoms with Crippen LogP contribution in [-0.4, -0.2) is 30.8 Å². The summed E-state index contributed by atoms with van der Waals surface area (Å²) in [6, 6.07) is 13.1. The number of nitrogens with zero attached hydrogens (tertiary/aromatic N) is 2. The molecule has 128 valence electrons. The molecule has 0 saturated carbocycles. The van der Waals surface area contributed by atoms with Crippen molar-refractivity contribution in [2.24, 2.45) is 0 Å². The molecule has 1 N–H and O–H groups in total. The Bertz CT molecular complexity index is 1030. The first-order valence-corrected chi connectivity index (χ1v) is 9.72. The Balaban J connectivity index is 1.83. The average molecular weight is 422 g/mol. The van der Waals surface area contributed by atoms with Gasteiger partial charge in [0.25, 0.3) is 5.91 Å². The second-order valence-electron chi connectivity index (χ2n) is 5.17. The zero-order valence-electron chi connectivity index (χ0n) is 12.9. The van der Waals surface area contributed by atoms with E-state index in [9.17, 15) is 13.2 Å². The number of hydrogen-bond acceptors (Lipinski definition) is 6. The SMILES string of the molecule is CS(=O)(=O)c1ccc(-c2cccc(NC(=O)c3ccc(Br)o3)c2)nn1. The van der Waals surface area contributed by atoms with Gasteiger partial charge in [0, 0.05) is 17.5 Å². The number of nitrogens with one attached hydrogen (secondary N) is 1. The summed E-state index contributed by atoms with van der Waals surface area (Å²) in [5.74, 6) is -0.212. The molecule has 0 atom stereocenters. The number of hydrogen-bond donors (Lipinski definition) is 1. The van der Waals surface area contributed by atoms with Gasteiger partial charge in [0.2, 0.25) is 0 Å². The molecule has 3 rings (SSSR count). The molecule has 25 heavy (non-hydrogen) atoms. The van der Waals surface area contributed by atoms with Crippen molar-refractivity contribution in [2.75, 3.05) is 11.6 Å². The molecule has 2 heterocycles. The molecule has 3 aromatic rings. The summed E-state index contributed by atoms with van der Waals surface area (Å²) in [6.45, 7) is 0. The molecule has 0 aliphatic heterocycles. The van der Waals surface area contributed by atoms with Crippen LogP contribution in [0.25, 0.3) is 11.3 Å². The van der Waals surface area contributed by atoms with Gasteiger partial charge in [-0.25, -0.2) is 8.42 Å². The molecule has 0 fully saturated rings. The number of furan rings is 1. The second kappa shape index (κ2) is 6.77. The average Bonchev–Trinajstić information content (AvgIpc) is 3.01. The molecule has 9 heteroatoms. The Hall–Kier alpha value is -2.52. The van der Waals surface area contributed by atoms with Crippen LogP contribution in [0.5, 0.6) is 0 Å². The van der Waals surface area contributed by atoms with Gasteiger partial charge in [-0.2, -0.15) is 0 Å². The zero-order valence-corrected chi connectivity index (χ0v) is 15.3. The second-order valence-corrected chi connectivity index (χ2v) is 7.91. The van der Waals surface area contributed by atoms with Crippen LogP contribution in [0.3, 0.4) is 0 Å². The molecule has 0 bridgehead atoms. The lowest BCUT2D eigenvalue weighted by atomic mass is 10.1. The van der Waals surface area contributed by atoms with Gasteiger partial charge in [-0.3, -0.25) is 4.79 Å². The van der Waals surface area contributed by atoms with E-state index in [4.69, 9.17) is 4.42 Å². The number of sulfone groups is 1. The van der Waals surface area contributed by atoms with Gasteiger partial charge in [-0.15, -0.1) is 10.2 Å². The Labute approximate surface area is 152 Å². The summed E-state index contributed by atoms with van der Waals surface area (Å²) in [6.07, 6.45) is 1.07. The van der Waals surface area contributed by atoms with E-state index >= 15 is 0 Å². The third-order valence-corrected chi connectivity index (χ3v) is 4.64. The van der Waals surface area contributed by atoms with E-state index in [1.54, 1.807) is 42.5 Å².